The van der Waals surface area contributed by atoms with Crippen LogP contribution < -0.4 is 9.62 Å². The maximum atomic E-state index is 12.2. The fourth-order valence-electron chi connectivity index (χ4n) is 2.59. The first kappa shape index (κ1) is 17.0. The molecular formula is C17H17BrN2O3S. The molecule has 0 atom stereocenters. The average molecular weight is 409 g/mol. The van der Waals surface area contributed by atoms with Gasteiger partial charge in [-0.1, -0.05) is 15.9 Å². The summed E-state index contributed by atoms with van der Waals surface area (Å²) in [5, 5.41) is 2.81. The number of sulfonamides is 1. The lowest BCUT2D eigenvalue weighted by atomic mass is 10.2. The van der Waals surface area contributed by atoms with Gasteiger partial charge in [-0.2, -0.15) is 0 Å². The molecule has 0 bridgehead atoms. The number of halogens is 1. The molecule has 1 saturated heterocycles. The first-order valence-corrected chi connectivity index (χ1v) is 10.0. The second-order valence-corrected chi connectivity index (χ2v) is 8.53. The normalized spacial score (nSPS) is 16.6. The Morgan fingerprint density at radius 2 is 1.67 bits per heavy atom. The molecule has 7 heteroatoms. The quantitative estimate of drug-likeness (QED) is 0.842. The number of nitrogens with one attached hydrogen (secondary N) is 1. The van der Waals surface area contributed by atoms with Crippen LogP contribution in [0.15, 0.2) is 53.0 Å². The van der Waals surface area contributed by atoms with Gasteiger partial charge in [0.1, 0.15) is 0 Å². The Bertz CT molecular complexity index is 833. The van der Waals surface area contributed by atoms with Crippen LogP contribution in [0.1, 0.15) is 23.2 Å². The maximum Gasteiger partial charge on any atom is 0.255 e. The molecule has 5 nitrogen and oxygen atoms in total. The van der Waals surface area contributed by atoms with Gasteiger partial charge in [-0.05, 0) is 61.4 Å². The Balaban J connectivity index is 1.72. The predicted molar refractivity (Wildman–Crippen MR) is 98.9 cm³/mol. The number of hydrogen-bond acceptors (Lipinski definition) is 3. The molecule has 0 unspecified atom stereocenters. The molecule has 2 aromatic carbocycles. The van der Waals surface area contributed by atoms with Gasteiger partial charge in [-0.3, -0.25) is 9.10 Å². The highest BCUT2D eigenvalue weighted by molar-refractivity contribution is 9.10. The lowest BCUT2D eigenvalue weighted by molar-refractivity contribution is 0.102. The summed E-state index contributed by atoms with van der Waals surface area (Å²) in [6.45, 7) is 0.507. The van der Waals surface area contributed by atoms with Crippen LogP contribution >= 0.6 is 15.9 Å². The van der Waals surface area contributed by atoms with Crippen molar-refractivity contribution in [1.29, 1.82) is 0 Å². The number of amides is 1. The molecule has 1 aliphatic heterocycles. The van der Waals surface area contributed by atoms with Gasteiger partial charge in [0.2, 0.25) is 10.0 Å². The van der Waals surface area contributed by atoms with E-state index in [9.17, 15) is 13.2 Å². The van der Waals surface area contributed by atoms with Crippen LogP contribution in [0.4, 0.5) is 11.4 Å². The van der Waals surface area contributed by atoms with Crippen LogP contribution in [0.25, 0.3) is 0 Å². The van der Waals surface area contributed by atoms with Gasteiger partial charge in [0, 0.05) is 22.3 Å². The SMILES string of the molecule is O=C(Nc1ccc(N2CCCCS2(=O)=O)cc1)c1ccc(Br)cc1. The van der Waals surface area contributed by atoms with E-state index in [1.54, 1.807) is 48.5 Å². The fraction of sp³-hybridized carbons (Fsp3) is 0.235. The lowest BCUT2D eigenvalue weighted by Crippen LogP contribution is -2.37. The first-order valence-electron chi connectivity index (χ1n) is 7.63. The molecule has 1 fully saturated rings. The number of benzene rings is 2. The molecular weight excluding hydrogens is 392 g/mol. The van der Waals surface area contributed by atoms with Crippen molar-refractivity contribution in [2.45, 2.75) is 12.8 Å². The molecule has 1 amide bonds. The van der Waals surface area contributed by atoms with E-state index in [2.05, 4.69) is 21.2 Å². The van der Waals surface area contributed by atoms with Gasteiger partial charge in [0.25, 0.3) is 5.91 Å². The smallest absolute Gasteiger partial charge is 0.255 e. The molecule has 0 aliphatic carbocycles. The number of carbonyl (C=O) groups is 1. The first-order chi connectivity index (χ1) is 11.5. The lowest BCUT2D eigenvalue weighted by Gasteiger charge is -2.28. The Labute approximate surface area is 149 Å². The van der Waals surface area contributed by atoms with Crippen molar-refractivity contribution in [2.24, 2.45) is 0 Å². The molecule has 1 N–H and O–H groups in total. The van der Waals surface area contributed by atoms with Crippen LogP contribution in [-0.2, 0) is 10.0 Å². The highest BCUT2D eigenvalue weighted by Gasteiger charge is 2.25. The molecule has 1 aliphatic rings. The maximum absolute atomic E-state index is 12.2. The Kier molecular flexibility index (Phi) is 4.91. The van der Waals surface area contributed by atoms with Crippen molar-refractivity contribution in [3.8, 4) is 0 Å². The molecule has 0 aromatic heterocycles. The topological polar surface area (TPSA) is 66.5 Å². The summed E-state index contributed by atoms with van der Waals surface area (Å²) >= 11 is 3.33. The van der Waals surface area contributed by atoms with Crippen molar-refractivity contribution < 1.29 is 13.2 Å². The average Bonchev–Trinajstić information content (AvgIpc) is 2.56. The van der Waals surface area contributed by atoms with Gasteiger partial charge in [0.15, 0.2) is 0 Å². The van der Waals surface area contributed by atoms with Crippen LogP contribution in [0, 0.1) is 0 Å². The molecule has 24 heavy (non-hydrogen) atoms. The number of carbonyl (C=O) groups excluding carboxylic acids is 1. The zero-order valence-electron chi connectivity index (χ0n) is 12.9. The van der Waals surface area contributed by atoms with Crippen LogP contribution in [0.5, 0.6) is 0 Å². The summed E-state index contributed by atoms with van der Waals surface area (Å²) in [7, 11) is -3.22. The van der Waals surface area contributed by atoms with Gasteiger partial charge in [-0.25, -0.2) is 8.42 Å². The third kappa shape index (κ3) is 3.79. The van der Waals surface area contributed by atoms with Crippen molar-refractivity contribution in [3.63, 3.8) is 0 Å². The van der Waals surface area contributed by atoms with Gasteiger partial charge in [0.05, 0.1) is 11.4 Å². The van der Waals surface area contributed by atoms with E-state index in [-0.39, 0.29) is 11.7 Å². The zero-order chi connectivity index (χ0) is 17.2. The van der Waals surface area contributed by atoms with E-state index in [0.717, 1.165) is 10.9 Å². The number of anilines is 2. The van der Waals surface area contributed by atoms with E-state index in [4.69, 9.17) is 0 Å². The minimum atomic E-state index is -3.22. The van der Waals surface area contributed by atoms with Crippen LogP contribution in [-0.4, -0.2) is 26.6 Å². The standard InChI is InChI=1S/C17H17BrN2O3S/c18-14-5-3-13(4-6-14)17(21)19-15-7-9-16(10-8-15)20-11-1-2-12-24(20,22)23/h3-10H,1-2,11-12H2,(H,19,21). The highest BCUT2D eigenvalue weighted by Crippen LogP contribution is 2.25. The largest absolute Gasteiger partial charge is 0.322 e. The second-order valence-electron chi connectivity index (χ2n) is 5.60. The monoisotopic (exact) mass is 408 g/mol. The minimum Gasteiger partial charge on any atom is -0.322 e. The third-order valence-corrected chi connectivity index (χ3v) is 6.27. The van der Waals surface area contributed by atoms with Crippen molar-refractivity contribution >= 4 is 43.2 Å². The molecule has 0 saturated carbocycles. The molecule has 0 radical (unpaired) electrons. The van der Waals surface area contributed by atoms with E-state index in [1.165, 1.54) is 4.31 Å². The molecule has 0 spiro atoms. The Morgan fingerprint density at radius 3 is 2.29 bits per heavy atom. The molecule has 126 valence electrons. The highest BCUT2D eigenvalue weighted by atomic mass is 79.9. The predicted octanol–water partition coefficient (Wildman–Crippen LogP) is 3.63. The summed E-state index contributed by atoms with van der Waals surface area (Å²) in [4.78, 5) is 12.2. The Morgan fingerprint density at radius 1 is 1.00 bits per heavy atom. The van der Waals surface area contributed by atoms with Crippen molar-refractivity contribution in [2.75, 3.05) is 21.9 Å². The molecule has 2 aromatic rings. The van der Waals surface area contributed by atoms with Crippen molar-refractivity contribution in [3.05, 3.63) is 58.6 Å². The van der Waals surface area contributed by atoms with E-state index in [1.807, 2.05) is 0 Å². The summed E-state index contributed by atoms with van der Waals surface area (Å²) in [6, 6.07) is 14.0. The number of hydrogen-bond donors (Lipinski definition) is 1. The summed E-state index contributed by atoms with van der Waals surface area (Å²) in [6.07, 6.45) is 1.57. The van der Waals surface area contributed by atoms with Crippen LogP contribution in [0.3, 0.4) is 0 Å². The summed E-state index contributed by atoms with van der Waals surface area (Å²) < 4.78 is 26.6. The van der Waals surface area contributed by atoms with E-state index >= 15 is 0 Å². The molecule has 3 rings (SSSR count). The summed E-state index contributed by atoms with van der Waals surface area (Å²) in [5.41, 5.74) is 1.82. The summed E-state index contributed by atoms with van der Waals surface area (Å²) in [5.74, 6) is -0.0180. The molecule has 1 heterocycles. The third-order valence-electron chi connectivity index (χ3n) is 3.87. The number of rotatable bonds is 3. The fourth-order valence-corrected chi connectivity index (χ4v) is 4.50. The Hall–Kier alpha value is -1.86. The minimum absolute atomic E-state index is 0.190. The van der Waals surface area contributed by atoms with Gasteiger partial charge >= 0.3 is 0 Å². The van der Waals surface area contributed by atoms with Gasteiger partial charge < -0.3 is 5.32 Å². The number of nitrogens with zero attached hydrogens (tertiary/aromatic N) is 1. The van der Waals surface area contributed by atoms with Crippen LogP contribution in [0.2, 0.25) is 0 Å². The van der Waals surface area contributed by atoms with E-state index < -0.39 is 10.0 Å². The van der Waals surface area contributed by atoms with Gasteiger partial charge in [-0.15, -0.1) is 0 Å². The van der Waals surface area contributed by atoms with E-state index in [0.29, 0.717) is 29.9 Å². The van der Waals surface area contributed by atoms with Crippen molar-refractivity contribution in [1.82, 2.24) is 0 Å². The zero-order valence-corrected chi connectivity index (χ0v) is 15.3. The second kappa shape index (κ2) is 6.94.